The number of benzene rings is 1. The highest BCUT2D eigenvalue weighted by molar-refractivity contribution is 9.10. The largest absolute Gasteiger partial charge is 0.361 e. The summed E-state index contributed by atoms with van der Waals surface area (Å²) in [5.74, 6) is 0. The number of rotatable bonds is 1. The third-order valence-electron chi connectivity index (χ3n) is 1.87. The van der Waals surface area contributed by atoms with Crippen molar-refractivity contribution in [2.45, 2.75) is 6.67 Å². The predicted molar refractivity (Wildman–Crippen MR) is 50.8 cm³/mol. The van der Waals surface area contributed by atoms with Crippen LogP contribution in [0, 0.1) is 0 Å². The summed E-state index contributed by atoms with van der Waals surface area (Å²) in [5, 5.41) is 0.959. The van der Waals surface area contributed by atoms with E-state index in [0.29, 0.717) is 0 Å². The SMILES string of the molecule is FCc1c[nH]c2cc(Br)ccc12. The molecule has 0 radical (unpaired) electrons. The topological polar surface area (TPSA) is 15.8 Å². The molecule has 0 bridgehead atoms. The summed E-state index contributed by atoms with van der Waals surface area (Å²) in [6.45, 7) is -0.415. The van der Waals surface area contributed by atoms with E-state index in [2.05, 4.69) is 20.9 Å². The van der Waals surface area contributed by atoms with Crippen molar-refractivity contribution in [3.8, 4) is 0 Å². The zero-order valence-electron chi connectivity index (χ0n) is 6.27. The fraction of sp³-hybridized carbons (Fsp3) is 0.111. The Morgan fingerprint density at radius 3 is 3.00 bits per heavy atom. The second kappa shape index (κ2) is 2.90. The van der Waals surface area contributed by atoms with Gasteiger partial charge in [-0.1, -0.05) is 22.0 Å². The summed E-state index contributed by atoms with van der Waals surface area (Å²) in [6.07, 6.45) is 1.71. The highest BCUT2D eigenvalue weighted by atomic mass is 79.9. The number of aromatic nitrogens is 1. The third-order valence-corrected chi connectivity index (χ3v) is 2.37. The molecule has 0 amide bonds. The molecule has 0 saturated carbocycles. The molecule has 3 heteroatoms. The van der Waals surface area contributed by atoms with Crippen LogP contribution in [0.4, 0.5) is 4.39 Å². The average Bonchev–Trinajstić information content (AvgIpc) is 2.46. The Hall–Kier alpha value is -0.830. The van der Waals surface area contributed by atoms with E-state index < -0.39 is 6.67 Å². The van der Waals surface area contributed by atoms with Crippen LogP contribution in [0.15, 0.2) is 28.9 Å². The number of aromatic amines is 1. The number of hydrogen-bond donors (Lipinski definition) is 1. The second-order valence-electron chi connectivity index (χ2n) is 2.64. The van der Waals surface area contributed by atoms with Gasteiger partial charge in [-0.05, 0) is 12.1 Å². The summed E-state index contributed by atoms with van der Waals surface area (Å²) < 4.78 is 13.4. The van der Waals surface area contributed by atoms with Gasteiger partial charge in [0, 0.05) is 27.1 Å². The van der Waals surface area contributed by atoms with Gasteiger partial charge in [-0.25, -0.2) is 4.39 Å². The lowest BCUT2D eigenvalue weighted by atomic mass is 10.2. The first-order chi connectivity index (χ1) is 5.81. The van der Waals surface area contributed by atoms with Crippen LogP contribution in [0.3, 0.4) is 0 Å². The van der Waals surface area contributed by atoms with E-state index in [1.807, 2.05) is 18.2 Å². The van der Waals surface area contributed by atoms with E-state index in [9.17, 15) is 4.39 Å². The van der Waals surface area contributed by atoms with Crippen LogP contribution < -0.4 is 0 Å². The highest BCUT2D eigenvalue weighted by Gasteiger charge is 2.02. The molecule has 0 aliphatic carbocycles. The number of fused-ring (bicyclic) bond motifs is 1. The number of nitrogens with one attached hydrogen (secondary N) is 1. The molecule has 2 aromatic rings. The van der Waals surface area contributed by atoms with Crippen LogP contribution in [-0.2, 0) is 6.67 Å². The molecule has 62 valence electrons. The van der Waals surface area contributed by atoms with E-state index >= 15 is 0 Å². The van der Waals surface area contributed by atoms with Crippen LogP contribution in [0.2, 0.25) is 0 Å². The standard InChI is InChI=1S/C9H7BrFN/c10-7-1-2-8-6(4-11)5-12-9(8)3-7/h1-3,5,12H,4H2. The van der Waals surface area contributed by atoms with E-state index in [1.165, 1.54) is 0 Å². The third kappa shape index (κ3) is 1.14. The highest BCUT2D eigenvalue weighted by Crippen LogP contribution is 2.22. The van der Waals surface area contributed by atoms with Crippen molar-refractivity contribution >= 4 is 26.8 Å². The van der Waals surface area contributed by atoms with Crippen molar-refractivity contribution in [1.29, 1.82) is 0 Å². The molecule has 1 heterocycles. The van der Waals surface area contributed by atoms with Crippen LogP contribution in [-0.4, -0.2) is 4.98 Å². The van der Waals surface area contributed by atoms with Crippen molar-refractivity contribution in [3.05, 3.63) is 34.4 Å². The van der Waals surface area contributed by atoms with E-state index in [0.717, 1.165) is 20.9 Å². The predicted octanol–water partition coefficient (Wildman–Crippen LogP) is 3.40. The van der Waals surface area contributed by atoms with Gasteiger partial charge >= 0.3 is 0 Å². The van der Waals surface area contributed by atoms with Gasteiger partial charge in [0.15, 0.2) is 0 Å². The average molecular weight is 228 g/mol. The van der Waals surface area contributed by atoms with Crippen molar-refractivity contribution in [2.75, 3.05) is 0 Å². The molecule has 1 aromatic heterocycles. The van der Waals surface area contributed by atoms with Gasteiger partial charge in [-0.2, -0.15) is 0 Å². The molecule has 0 fully saturated rings. The molecule has 0 aliphatic heterocycles. The van der Waals surface area contributed by atoms with Crippen molar-refractivity contribution < 1.29 is 4.39 Å². The molecular weight excluding hydrogens is 221 g/mol. The summed E-state index contributed by atoms with van der Waals surface area (Å²) >= 11 is 3.35. The first-order valence-corrected chi connectivity index (χ1v) is 4.42. The molecule has 12 heavy (non-hydrogen) atoms. The molecule has 0 atom stereocenters. The molecule has 0 spiro atoms. The maximum absolute atomic E-state index is 12.4. The Morgan fingerprint density at radius 2 is 2.25 bits per heavy atom. The van der Waals surface area contributed by atoms with Crippen LogP contribution in [0.25, 0.3) is 10.9 Å². The van der Waals surface area contributed by atoms with Crippen molar-refractivity contribution in [1.82, 2.24) is 4.98 Å². The minimum Gasteiger partial charge on any atom is -0.361 e. The molecule has 1 nitrogen and oxygen atoms in total. The van der Waals surface area contributed by atoms with Crippen LogP contribution >= 0.6 is 15.9 Å². The zero-order valence-corrected chi connectivity index (χ0v) is 7.86. The smallest absolute Gasteiger partial charge is 0.117 e. The minimum absolute atomic E-state index is 0.415. The van der Waals surface area contributed by atoms with Gasteiger partial charge < -0.3 is 4.98 Å². The number of hydrogen-bond acceptors (Lipinski definition) is 0. The van der Waals surface area contributed by atoms with E-state index in [-0.39, 0.29) is 0 Å². The molecule has 2 rings (SSSR count). The number of alkyl halides is 1. The lowest BCUT2D eigenvalue weighted by Crippen LogP contribution is -1.72. The molecule has 1 N–H and O–H groups in total. The van der Waals surface area contributed by atoms with Gasteiger partial charge in [0.05, 0.1) is 0 Å². The summed E-state index contributed by atoms with van der Waals surface area (Å²) in [4.78, 5) is 3.01. The van der Waals surface area contributed by atoms with Crippen LogP contribution in [0.1, 0.15) is 5.56 Å². The molecule has 0 saturated heterocycles. The van der Waals surface area contributed by atoms with Crippen molar-refractivity contribution in [3.63, 3.8) is 0 Å². The first kappa shape index (κ1) is 7.80. The monoisotopic (exact) mass is 227 g/mol. The maximum atomic E-state index is 12.4. The van der Waals surface area contributed by atoms with Crippen molar-refractivity contribution in [2.24, 2.45) is 0 Å². The van der Waals surface area contributed by atoms with E-state index in [1.54, 1.807) is 6.20 Å². The fourth-order valence-electron chi connectivity index (χ4n) is 1.27. The lowest BCUT2D eigenvalue weighted by Gasteiger charge is -1.92. The maximum Gasteiger partial charge on any atom is 0.117 e. The Balaban J connectivity index is 2.73. The van der Waals surface area contributed by atoms with Gasteiger partial charge in [0.25, 0.3) is 0 Å². The number of halogens is 2. The normalized spacial score (nSPS) is 10.8. The quantitative estimate of drug-likeness (QED) is 0.769. The molecule has 0 unspecified atom stereocenters. The Bertz CT molecular complexity index is 408. The Morgan fingerprint density at radius 1 is 1.42 bits per heavy atom. The second-order valence-corrected chi connectivity index (χ2v) is 3.55. The zero-order chi connectivity index (χ0) is 8.55. The molecular formula is C9H7BrFN. The van der Waals surface area contributed by atoms with Gasteiger partial charge in [0.2, 0.25) is 0 Å². The summed E-state index contributed by atoms with van der Waals surface area (Å²) in [5.41, 5.74) is 1.69. The first-order valence-electron chi connectivity index (χ1n) is 3.63. The Kier molecular flexibility index (Phi) is 1.89. The molecule has 0 aliphatic rings. The summed E-state index contributed by atoms with van der Waals surface area (Å²) in [7, 11) is 0. The lowest BCUT2D eigenvalue weighted by molar-refractivity contribution is 0.488. The fourth-order valence-corrected chi connectivity index (χ4v) is 1.63. The molecule has 1 aromatic carbocycles. The summed E-state index contributed by atoms with van der Waals surface area (Å²) in [6, 6.07) is 5.76. The number of H-pyrrole nitrogens is 1. The van der Waals surface area contributed by atoms with Gasteiger partial charge in [0.1, 0.15) is 6.67 Å². The minimum atomic E-state index is -0.415. The van der Waals surface area contributed by atoms with Gasteiger partial charge in [-0.15, -0.1) is 0 Å². The van der Waals surface area contributed by atoms with E-state index in [4.69, 9.17) is 0 Å². The van der Waals surface area contributed by atoms with Gasteiger partial charge in [-0.3, -0.25) is 0 Å². The van der Waals surface area contributed by atoms with Crippen LogP contribution in [0.5, 0.6) is 0 Å². The Labute approximate surface area is 77.7 Å².